The Morgan fingerprint density at radius 1 is 1.69 bits per heavy atom. The normalized spacial score (nSPS) is 24.8. The summed E-state index contributed by atoms with van der Waals surface area (Å²) in [6.07, 6.45) is 4.34. The van der Waals surface area contributed by atoms with E-state index in [9.17, 15) is 0 Å². The Labute approximate surface area is 87.5 Å². The Morgan fingerprint density at radius 3 is 3.31 bits per heavy atom. The highest BCUT2D eigenvalue weighted by Gasteiger charge is 2.17. The predicted molar refractivity (Wildman–Crippen MR) is 56.3 cm³/mol. The molecule has 1 aromatic heterocycles. The monoisotopic (exact) mass is 216 g/mol. The maximum Gasteiger partial charge on any atom is 0.0794 e. The van der Waals surface area contributed by atoms with Gasteiger partial charge in [-0.15, -0.1) is 22.9 Å². The summed E-state index contributed by atoms with van der Waals surface area (Å²) in [5.41, 5.74) is 1.89. The van der Waals surface area contributed by atoms with E-state index < -0.39 is 0 Å². The number of piperidine rings is 1. The second-order valence-corrected chi connectivity index (χ2v) is 5.03. The fourth-order valence-electron chi connectivity index (χ4n) is 1.68. The molecule has 1 fully saturated rings. The van der Waals surface area contributed by atoms with Gasteiger partial charge in [0.25, 0.3) is 0 Å². The molecule has 0 saturated carbocycles. The molecule has 13 heavy (non-hydrogen) atoms. The summed E-state index contributed by atoms with van der Waals surface area (Å²) in [6, 6.07) is 0. The van der Waals surface area contributed by atoms with E-state index >= 15 is 0 Å². The molecule has 0 aromatic carbocycles. The van der Waals surface area contributed by atoms with Crippen molar-refractivity contribution in [3.05, 3.63) is 16.6 Å². The highest BCUT2D eigenvalue weighted by atomic mass is 35.5. The van der Waals surface area contributed by atoms with Crippen LogP contribution in [0.15, 0.2) is 11.7 Å². The van der Waals surface area contributed by atoms with Crippen molar-refractivity contribution in [2.24, 2.45) is 0 Å². The van der Waals surface area contributed by atoms with E-state index in [2.05, 4.69) is 9.88 Å². The van der Waals surface area contributed by atoms with Gasteiger partial charge in [-0.25, -0.2) is 0 Å². The van der Waals surface area contributed by atoms with Gasteiger partial charge in [0.05, 0.1) is 5.51 Å². The highest BCUT2D eigenvalue weighted by molar-refractivity contribution is 7.09. The summed E-state index contributed by atoms with van der Waals surface area (Å²) in [4.78, 5) is 7.82. The summed E-state index contributed by atoms with van der Waals surface area (Å²) in [6.45, 7) is 3.23. The van der Waals surface area contributed by atoms with Crippen LogP contribution in [-0.4, -0.2) is 28.4 Å². The van der Waals surface area contributed by atoms with Crippen molar-refractivity contribution < 1.29 is 0 Å². The maximum absolute atomic E-state index is 6.10. The topological polar surface area (TPSA) is 16.1 Å². The molecule has 0 radical (unpaired) electrons. The van der Waals surface area contributed by atoms with E-state index in [1.807, 2.05) is 11.7 Å². The number of halogens is 1. The summed E-state index contributed by atoms with van der Waals surface area (Å²) in [5.74, 6) is 0. The van der Waals surface area contributed by atoms with Gasteiger partial charge in [0.15, 0.2) is 0 Å². The average molecular weight is 217 g/mol. The first kappa shape index (κ1) is 9.44. The molecule has 2 heterocycles. The molecule has 0 N–H and O–H groups in total. The summed E-state index contributed by atoms with van der Waals surface area (Å²) < 4.78 is 0. The Bertz CT molecular complexity index is 250. The first-order valence-electron chi connectivity index (χ1n) is 4.58. The molecule has 4 heteroatoms. The van der Waals surface area contributed by atoms with Crippen LogP contribution in [0.2, 0.25) is 0 Å². The predicted octanol–water partition coefficient (Wildman–Crippen LogP) is 2.35. The summed E-state index contributed by atoms with van der Waals surface area (Å²) in [5, 5.41) is 0.349. The average Bonchev–Trinajstić information content (AvgIpc) is 2.57. The van der Waals surface area contributed by atoms with Gasteiger partial charge in [-0.05, 0) is 19.4 Å². The van der Waals surface area contributed by atoms with Crippen molar-refractivity contribution in [1.82, 2.24) is 9.88 Å². The summed E-state index contributed by atoms with van der Waals surface area (Å²) in [7, 11) is 0. The molecule has 1 aromatic rings. The second kappa shape index (κ2) is 4.40. The van der Waals surface area contributed by atoms with Gasteiger partial charge in [-0.1, -0.05) is 0 Å². The molecule has 0 aliphatic carbocycles. The quantitative estimate of drug-likeness (QED) is 0.706. The smallest absolute Gasteiger partial charge is 0.0794 e. The Kier molecular flexibility index (Phi) is 3.19. The van der Waals surface area contributed by atoms with E-state index in [-0.39, 0.29) is 0 Å². The van der Waals surface area contributed by atoms with Gasteiger partial charge in [0.2, 0.25) is 0 Å². The van der Waals surface area contributed by atoms with Crippen molar-refractivity contribution >= 4 is 22.9 Å². The number of aromatic nitrogens is 1. The molecule has 1 atom stereocenters. The molecule has 1 saturated heterocycles. The van der Waals surface area contributed by atoms with Crippen LogP contribution in [0.1, 0.15) is 17.7 Å². The van der Waals surface area contributed by atoms with E-state index in [1.165, 1.54) is 24.3 Å². The van der Waals surface area contributed by atoms with Crippen LogP contribution in [-0.2, 0) is 6.54 Å². The zero-order valence-electron chi connectivity index (χ0n) is 7.45. The zero-order chi connectivity index (χ0) is 9.10. The Balaban J connectivity index is 1.87. The molecule has 0 spiro atoms. The molecule has 1 aliphatic heterocycles. The number of likely N-dealkylation sites (tertiary alicyclic amines) is 1. The minimum atomic E-state index is 0.349. The Hall–Kier alpha value is -0.120. The third kappa shape index (κ3) is 2.66. The lowest BCUT2D eigenvalue weighted by molar-refractivity contribution is 0.226. The van der Waals surface area contributed by atoms with Gasteiger partial charge >= 0.3 is 0 Å². The number of nitrogens with zero attached hydrogens (tertiary/aromatic N) is 2. The fourth-order valence-corrected chi connectivity index (χ4v) is 2.67. The van der Waals surface area contributed by atoms with Gasteiger partial charge in [0.1, 0.15) is 0 Å². The van der Waals surface area contributed by atoms with E-state index in [1.54, 1.807) is 11.3 Å². The van der Waals surface area contributed by atoms with Crippen LogP contribution < -0.4 is 0 Å². The van der Waals surface area contributed by atoms with Crippen LogP contribution in [0.25, 0.3) is 0 Å². The Morgan fingerprint density at radius 2 is 2.62 bits per heavy atom. The largest absolute Gasteiger partial charge is 0.297 e. The zero-order valence-corrected chi connectivity index (χ0v) is 9.02. The molecular formula is C9H13ClN2S. The standard InChI is InChI=1S/C9H13ClN2S/c10-8-2-1-3-12(5-8)6-9-4-11-7-13-9/h4,7-8H,1-3,5-6H2. The highest BCUT2D eigenvalue weighted by Crippen LogP contribution is 2.18. The second-order valence-electron chi connectivity index (χ2n) is 3.44. The van der Waals surface area contributed by atoms with Crippen molar-refractivity contribution in [1.29, 1.82) is 0 Å². The molecule has 2 nitrogen and oxygen atoms in total. The lowest BCUT2D eigenvalue weighted by atomic mass is 10.1. The van der Waals surface area contributed by atoms with Crippen molar-refractivity contribution in [2.45, 2.75) is 24.8 Å². The van der Waals surface area contributed by atoms with E-state index in [4.69, 9.17) is 11.6 Å². The first-order valence-corrected chi connectivity index (χ1v) is 5.90. The number of alkyl halides is 1. The minimum absolute atomic E-state index is 0.349. The van der Waals surface area contributed by atoms with Gasteiger partial charge in [-0.2, -0.15) is 0 Å². The number of thiazole rings is 1. The number of rotatable bonds is 2. The molecule has 1 unspecified atom stereocenters. The van der Waals surface area contributed by atoms with Crippen LogP contribution in [0, 0.1) is 0 Å². The van der Waals surface area contributed by atoms with Crippen LogP contribution in [0.3, 0.4) is 0 Å². The lowest BCUT2D eigenvalue weighted by Crippen LogP contribution is -2.35. The number of hydrogen-bond donors (Lipinski definition) is 0. The number of hydrogen-bond acceptors (Lipinski definition) is 3. The third-order valence-corrected chi connectivity index (χ3v) is 3.43. The van der Waals surface area contributed by atoms with Gasteiger partial charge in [0, 0.05) is 29.5 Å². The SMILES string of the molecule is ClC1CCCN(Cc2cncs2)C1. The molecule has 0 amide bonds. The van der Waals surface area contributed by atoms with Crippen molar-refractivity contribution in [3.8, 4) is 0 Å². The molecular weight excluding hydrogens is 204 g/mol. The van der Waals surface area contributed by atoms with E-state index in [0.717, 1.165) is 13.1 Å². The van der Waals surface area contributed by atoms with Crippen LogP contribution in [0.5, 0.6) is 0 Å². The summed E-state index contributed by atoms with van der Waals surface area (Å²) >= 11 is 7.82. The van der Waals surface area contributed by atoms with Gasteiger partial charge in [-0.3, -0.25) is 9.88 Å². The van der Waals surface area contributed by atoms with Crippen LogP contribution >= 0.6 is 22.9 Å². The molecule has 2 rings (SSSR count). The molecule has 0 bridgehead atoms. The van der Waals surface area contributed by atoms with E-state index in [0.29, 0.717) is 5.38 Å². The van der Waals surface area contributed by atoms with Crippen LogP contribution in [0.4, 0.5) is 0 Å². The third-order valence-electron chi connectivity index (χ3n) is 2.31. The first-order chi connectivity index (χ1) is 6.34. The lowest BCUT2D eigenvalue weighted by Gasteiger charge is -2.28. The fraction of sp³-hybridized carbons (Fsp3) is 0.667. The maximum atomic E-state index is 6.10. The van der Waals surface area contributed by atoms with Crippen molar-refractivity contribution in [3.63, 3.8) is 0 Å². The van der Waals surface area contributed by atoms with Gasteiger partial charge < -0.3 is 0 Å². The molecule has 1 aliphatic rings. The molecule has 72 valence electrons. The van der Waals surface area contributed by atoms with Crippen molar-refractivity contribution in [2.75, 3.05) is 13.1 Å². The minimum Gasteiger partial charge on any atom is -0.297 e.